The molecule has 0 radical (unpaired) electrons. The summed E-state index contributed by atoms with van der Waals surface area (Å²) in [5.74, 6) is 0. The SMILES string of the molecule is CCCc1cccc(CCC)c1/N=C(/Cl)C(F)(F)F. The second-order valence-electron chi connectivity index (χ2n) is 4.33. The number of aryl methyl sites for hydroxylation is 2. The van der Waals surface area contributed by atoms with Crippen LogP contribution in [0.4, 0.5) is 18.9 Å². The third-order valence-electron chi connectivity index (χ3n) is 2.69. The van der Waals surface area contributed by atoms with E-state index in [-0.39, 0.29) is 0 Å². The highest BCUT2D eigenvalue weighted by atomic mass is 35.5. The van der Waals surface area contributed by atoms with Crippen LogP contribution in [0, 0.1) is 0 Å². The van der Waals surface area contributed by atoms with Gasteiger partial charge < -0.3 is 0 Å². The van der Waals surface area contributed by atoms with Gasteiger partial charge in [0.2, 0.25) is 5.17 Å². The van der Waals surface area contributed by atoms with Gasteiger partial charge >= 0.3 is 6.18 Å². The Balaban J connectivity index is 3.28. The number of nitrogens with zero attached hydrogens (tertiary/aromatic N) is 1. The molecule has 0 unspecified atom stereocenters. The van der Waals surface area contributed by atoms with E-state index in [1.54, 1.807) is 0 Å². The monoisotopic (exact) mass is 291 g/mol. The van der Waals surface area contributed by atoms with E-state index >= 15 is 0 Å². The van der Waals surface area contributed by atoms with Crippen molar-refractivity contribution in [3.8, 4) is 0 Å². The highest BCUT2D eigenvalue weighted by molar-refractivity contribution is 6.67. The fourth-order valence-corrected chi connectivity index (χ4v) is 1.98. The van der Waals surface area contributed by atoms with Gasteiger partial charge in [-0.05, 0) is 24.0 Å². The zero-order valence-electron chi connectivity index (χ0n) is 11.0. The first-order chi connectivity index (χ1) is 8.90. The summed E-state index contributed by atoms with van der Waals surface area (Å²) in [6.07, 6.45) is -1.51. The lowest BCUT2D eigenvalue weighted by atomic mass is 10.0. The molecule has 0 spiro atoms. The molecule has 0 N–H and O–H groups in total. The van der Waals surface area contributed by atoms with Gasteiger partial charge in [-0.15, -0.1) is 0 Å². The maximum atomic E-state index is 12.5. The third kappa shape index (κ3) is 4.53. The first kappa shape index (κ1) is 16.0. The summed E-state index contributed by atoms with van der Waals surface area (Å²) in [5.41, 5.74) is 2.01. The van der Waals surface area contributed by atoms with E-state index in [9.17, 15) is 13.2 Å². The molecular formula is C14H17ClF3N. The lowest BCUT2D eigenvalue weighted by molar-refractivity contribution is -0.0558. The average molecular weight is 292 g/mol. The van der Waals surface area contributed by atoms with Crippen LogP contribution in [0.1, 0.15) is 37.8 Å². The molecule has 1 aromatic carbocycles. The average Bonchev–Trinajstić information content (AvgIpc) is 2.32. The summed E-state index contributed by atoms with van der Waals surface area (Å²) in [6.45, 7) is 3.96. The minimum Gasteiger partial charge on any atom is -0.232 e. The molecule has 19 heavy (non-hydrogen) atoms. The Morgan fingerprint density at radius 2 is 1.58 bits per heavy atom. The zero-order chi connectivity index (χ0) is 14.5. The first-order valence-electron chi connectivity index (χ1n) is 6.32. The topological polar surface area (TPSA) is 12.4 Å². The lowest BCUT2D eigenvalue weighted by Crippen LogP contribution is -2.17. The van der Waals surface area contributed by atoms with Crippen molar-refractivity contribution in [2.45, 2.75) is 45.7 Å². The van der Waals surface area contributed by atoms with Crippen LogP contribution in [0.2, 0.25) is 0 Å². The van der Waals surface area contributed by atoms with Crippen LogP contribution >= 0.6 is 11.6 Å². The predicted molar refractivity (Wildman–Crippen MR) is 73.4 cm³/mol. The Labute approximate surface area is 116 Å². The second-order valence-corrected chi connectivity index (χ2v) is 4.68. The van der Waals surface area contributed by atoms with Crippen LogP contribution in [-0.4, -0.2) is 11.3 Å². The van der Waals surface area contributed by atoms with Crippen LogP contribution in [-0.2, 0) is 12.8 Å². The number of aliphatic imine (C=N–C) groups is 1. The van der Waals surface area contributed by atoms with Gasteiger partial charge in [-0.2, -0.15) is 13.2 Å². The second kappa shape index (κ2) is 6.94. The van der Waals surface area contributed by atoms with Crippen molar-refractivity contribution in [2.75, 3.05) is 0 Å². The van der Waals surface area contributed by atoms with Crippen molar-refractivity contribution >= 4 is 22.5 Å². The van der Waals surface area contributed by atoms with E-state index in [2.05, 4.69) is 4.99 Å². The number of hydrogen-bond acceptors (Lipinski definition) is 1. The third-order valence-corrected chi connectivity index (χ3v) is 2.98. The van der Waals surface area contributed by atoms with Crippen LogP contribution < -0.4 is 0 Å². The number of para-hydroxylation sites is 1. The Bertz CT molecular complexity index is 428. The zero-order valence-corrected chi connectivity index (χ0v) is 11.8. The van der Waals surface area contributed by atoms with E-state index in [0.717, 1.165) is 24.0 Å². The minimum atomic E-state index is -4.59. The number of hydrogen-bond donors (Lipinski definition) is 0. The van der Waals surface area contributed by atoms with Crippen molar-refractivity contribution < 1.29 is 13.2 Å². The van der Waals surface area contributed by atoms with Gasteiger partial charge in [0.05, 0.1) is 5.69 Å². The fraction of sp³-hybridized carbons (Fsp3) is 0.500. The minimum absolute atomic E-state index is 0.383. The van der Waals surface area contributed by atoms with Gasteiger partial charge in [0, 0.05) is 0 Å². The Morgan fingerprint density at radius 3 is 1.95 bits per heavy atom. The maximum Gasteiger partial charge on any atom is 0.444 e. The molecule has 0 amide bonds. The summed E-state index contributed by atoms with van der Waals surface area (Å²) in [6, 6.07) is 5.47. The molecule has 5 heteroatoms. The first-order valence-corrected chi connectivity index (χ1v) is 6.70. The van der Waals surface area contributed by atoms with E-state index in [4.69, 9.17) is 11.6 Å². The van der Waals surface area contributed by atoms with Crippen LogP contribution in [0.15, 0.2) is 23.2 Å². The van der Waals surface area contributed by atoms with Crippen molar-refractivity contribution in [3.63, 3.8) is 0 Å². The van der Waals surface area contributed by atoms with Gasteiger partial charge in [0.25, 0.3) is 0 Å². The molecule has 0 aliphatic rings. The van der Waals surface area contributed by atoms with Gasteiger partial charge in [-0.3, -0.25) is 0 Å². The molecule has 1 nitrogen and oxygen atoms in total. The largest absolute Gasteiger partial charge is 0.444 e. The lowest BCUT2D eigenvalue weighted by Gasteiger charge is -2.12. The van der Waals surface area contributed by atoms with Crippen LogP contribution in [0.3, 0.4) is 0 Å². The van der Waals surface area contributed by atoms with E-state index in [1.807, 2.05) is 32.0 Å². The molecule has 1 aromatic rings. The molecule has 0 heterocycles. The molecule has 0 aromatic heterocycles. The molecule has 0 aliphatic heterocycles. The van der Waals surface area contributed by atoms with E-state index < -0.39 is 11.3 Å². The summed E-state index contributed by atoms with van der Waals surface area (Å²) in [7, 11) is 0. The number of halogens is 4. The fourth-order valence-electron chi connectivity index (χ4n) is 1.89. The molecule has 0 aliphatic carbocycles. The van der Waals surface area contributed by atoms with Gasteiger partial charge in [0.1, 0.15) is 0 Å². The van der Waals surface area contributed by atoms with Crippen LogP contribution in [0.25, 0.3) is 0 Å². The molecule has 0 saturated heterocycles. The molecule has 0 fully saturated rings. The van der Waals surface area contributed by atoms with Crippen molar-refractivity contribution in [1.29, 1.82) is 0 Å². The predicted octanol–water partition coefficient (Wildman–Crippen LogP) is 5.42. The van der Waals surface area contributed by atoms with Crippen molar-refractivity contribution in [3.05, 3.63) is 29.3 Å². The Kier molecular flexibility index (Phi) is 5.85. The summed E-state index contributed by atoms with van der Waals surface area (Å²) in [5, 5.41) is -1.31. The van der Waals surface area contributed by atoms with Crippen molar-refractivity contribution in [1.82, 2.24) is 0 Å². The molecule has 0 atom stereocenters. The van der Waals surface area contributed by atoms with Gasteiger partial charge in [0.15, 0.2) is 0 Å². The number of rotatable bonds is 5. The summed E-state index contributed by atoms with van der Waals surface area (Å²) in [4.78, 5) is 3.62. The molecule has 0 saturated carbocycles. The highest BCUT2D eigenvalue weighted by Crippen LogP contribution is 2.30. The van der Waals surface area contributed by atoms with E-state index in [0.29, 0.717) is 18.5 Å². The smallest absolute Gasteiger partial charge is 0.232 e. The van der Waals surface area contributed by atoms with Gasteiger partial charge in [-0.25, -0.2) is 4.99 Å². The Morgan fingerprint density at radius 1 is 1.11 bits per heavy atom. The van der Waals surface area contributed by atoms with Crippen molar-refractivity contribution in [2.24, 2.45) is 4.99 Å². The highest BCUT2D eigenvalue weighted by Gasteiger charge is 2.34. The quantitative estimate of drug-likeness (QED) is 0.642. The Hall–Kier alpha value is -1.03. The molecular weight excluding hydrogens is 275 g/mol. The van der Waals surface area contributed by atoms with Crippen LogP contribution in [0.5, 0.6) is 0 Å². The number of benzene rings is 1. The summed E-state index contributed by atoms with van der Waals surface area (Å²) >= 11 is 5.26. The maximum absolute atomic E-state index is 12.5. The standard InChI is InChI=1S/C14H17ClF3N/c1-3-6-10-8-5-9-11(7-4-2)12(10)19-13(15)14(16,17)18/h5,8-9H,3-4,6-7H2,1-2H3/b19-13+. The molecule has 106 valence electrons. The molecule has 0 bridgehead atoms. The normalized spacial score (nSPS) is 12.8. The van der Waals surface area contributed by atoms with E-state index in [1.165, 1.54) is 0 Å². The van der Waals surface area contributed by atoms with Gasteiger partial charge in [-0.1, -0.05) is 56.5 Å². The molecule has 1 rings (SSSR count). The number of alkyl halides is 3. The summed E-state index contributed by atoms with van der Waals surface area (Å²) < 4.78 is 37.5.